The Hall–Kier alpha value is -1.16. The van der Waals surface area contributed by atoms with Crippen molar-refractivity contribution < 1.29 is 0 Å². The summed E-state index contributed by atoms with van der Waals surface area (Å²) in [6.07, 6.45) is 2.41. The number of benzene rings is 1. The standard InChI is InChI=1S/C12H12ClN3.ClH/c13-10-4-2-1-3-9(10)11-6-8-15-12(16-11)5-7-14;/h1-4,6,8H,5,7,14H2;1H. The van der Waals surface area contributed by atoms with Crippen molar-refractivity contribution in [2.45, 2.75) is 6.42 Å². The number of aromatic nitrogens is 2. The van der Waals surface area contributed by atoms with Crippen LogP contribution in [0.15, 0.2) is 36.5 Å². The van der Waals surface area contributed by atoms with E-state index in [1.165, 1.54) is 0 Å². The summed E-state index contributed by atoms with van der Waals surface area (Å²) in [6, 6.07) is 9.47. The molecule has 2 aromatic rings. The van der Waals surface area contributed by atoms with E-state index in [2.05, 4.69) is 9.97 Å². The Morgan fingerprint density at radius 2 is 1.94 bits per heavy atom. The Labute approximate surface area is 111 Å². The number of nitrogens with zero attached hydrogens (tertiary/aromatic N) is 2. The van der Waals surface area contributed by atoms with Gasteiger partial charge in [0.05, 0.1) is 5.69 Å². The highest BCUT2D eigenvalue weighted by atomic mass is 35.5. The molecule has 1 aromatic heterocycles. The molecule has 0 fully saturated rings. The van der Waals surface area contributed by atoms with Gasteiger partial charge < -0.3 is 5.73 Å². The van der Waals surface area contributed by atoms with Crippen LogP contribution in [0.3, 0.4) is 0 Å². The number of hydrogen-bond acceptors (Lipinski definition) is 3. The summed E-state index contributed by atoms with van der Waals surface area (Å²) < 4.78 is 0. The normalized spacial score (nSPS) is 9.76. The van der Waals surface area contributed by atoms with E-state index in [1.54, 1.807) is 6.20 Å². The third kappa shape index (κ3) is 3.40. The molecule has 0 aliphatic rings. The van der Waals surface area contributed by atoms with Crippen LogP contribution in [0, 0.1) is 0 Å². The molecule has 0 spiro atoms. The molecule has 5 heteroatoms. The van der Waals surface area contributed by atoms with Gasteiger partial charge in [0.1, 0.15) is 5.82 Å². The highest BCUT2D eigenvalue weighted by Gasteiger charge is 2.05. The maximum absolute atomic E-state index is 6.10. The topological polar surface area (TPSA) is 51.8 Å². The molecule has 0 atom stereocenters. The van der Waals surface area contributed by atoms with E-state index < -0.39 is 0 Å². The smallest absolute Gasteiger partial charge is 0.130 e. The monoisotopic (exact) mass is 269 g/mol. The highest BCUT2D eigenvalue weighted by molar-refractivity contribution is 6.33. The second kappa shape index (κ2) is 6.55. The van der Waals surface area contributed by atoms with Gasteiger partial charge in [-0.15, -0.1) is 12.4 Å². The lowest BCUT2D eigenvalue weighted by Crippen LogP contribution is -2.06. The molecule has 2 N–H and O–H groups in total. The zero-order valence-electron chi connectivity index (χ0n) is 9.14. The summed E-state index contributed by atoms with van der Waals surface area (Å²) in [7, 11) is 0. The molecule has 0 aliphatic heterocycles. The molecule has 0 saturated carbocycles. The fourth-order valence-electron chi connectivity index (χ4n) is 1.47. The van der Waals surface area contributed by atoms with Crippen LogP contribution in [0.5, 0.6) is 0 Å². The Bertz CT molecular complexity index is 489. The van der Waals surface area contributed by atoms with Gasteiger partial charge in [0.2, 0.25) is 0 Å². The third-order valence-corrected chi connectivity index (χ3v) is 2.55. The number of halogens is 2. The molecule has 0 amide bonds. The minimum absolute atomic E-state index is 0. The van der Waals surface area contributed by atoms with Crippen LogP contribution in [0.4, 0.5) is 0 Å². The van der Waals surface area contributed by atoms with Gasteiger partial charge in [0.15, 0.2) is 0 Å². The quantitative estimate of drug-likeness (QED) is 0.932. The van der Waals surface area contributed by atoms with Gasteiger partial charge in [0.25, 0.3) is 0 Å². The Kier molecular flexibility index (Phi) is 5.35. The van der Waals surface area contributed by atoms with Crippen molar-refractivity contribution in [2.75, 3.05) is 6.54 Å². The highest BCUT2D eigenvalue weighted by Crippen LogP contribution is 2.25. The predicted molar refractivity (Wildman–Crippen MR) is 72.5 cm³/mol. The zero-order chi connectivity index (χ0) is 11.4. The van der Waals surface area contributed by atoms with Crippen LogP contribution in [0.1, 0.15) is 5.82 Å². The predicted octanol–water partition coefficient (Wildman–Crippen LogP) is 2.72. The lowest BCUT2D eigenvalue weighted by Gasteiger charge is -2.04. The van der Waals surface area contributed by atoms with Crippen molar-refractivity contribution in [3.63, 3.8) is 0 Å². The van der Waals surface area contributed by atoms with Crippen LogP contribution < -0.4 is 5.73 Å². The van der Waals surface area contributed by atoms with E-state index >= 15 is 0 Å². The average molecular weight is 270 g/mol. The Morgan fingerprint density at radius 3 is 2.65 bits per heavy atom. The molecule has 90 valence electrons. The molecule has 3 nitrogen and oxygen atoms in total. The van der Waals surface area contributed by atoms with E-state index in [1.807, 2.05) is 30.3 Å². The van der Waals surface area contributed by atoms with Crippen molar-refractivity contribution in [3.8, 4) is 11.3 Å². The van der Waals surface area contributed by atoms with Crippen molar-refractivity contribution in [1.29, 1.82) is 0 Å². The minimum Gasteiger partial charge on any atom is -0.330 e. The van der Waals surface area contributed by atoms with Gasteiger partial charge in [0, 0.05) is 23.2 Å². The maximum Gasteiger partial charge on any atom is 0.130 e. The Balaban J connectivity index is 0.00000144. The zero-order valence-corrected chi connectivity index (χ0v) is 10.7. The van der Waals surface area contributed by atoms with Gasteiger partial charge in [-0.05, 0) is 18.7 Å². The van der Waals surface area contributed by atoms with Crippen molar-refractivity contribution in [1.82, 2.24) is 9.97 Å². The second-order valence-electron chi connectivity index (χ2n) is 3.38. The van der Waals surface area contributed by atoms with Gasteiger partial charge in [-0.2, -0.15) is 0 Å². The maximum atomic E-state index is 6.10. The molecule has 0 saturated heterocycles. The minimum atomic E-state index is 0. The van der Waals surface area contributed by atoms with Gasteiger partial charge >= 0.3 is 0 Å². The first kappa shape index (κ1) is 13.9. The summed E-state index contributed by atoms with van der Waals surface area (Å²) >= 11 is 6.10. The summed E-state index contributed by atoms with van der Waals surface area (Å²) in [6.45, 7) is 0.548. The molecule has 17 heavy (non-hydrogen) atoms. The van der Waals surface area contributed by atoms with Crippen LogP contribution in [-0.2, 0) is 6.42 Å². The van der Waals surface area contributed by atoms with E-state index in [4.69, 9.17) is 17.3 Å². The molecule has 1 aromatic carbocycles. The summed E-state index contributed by atoms with van der Waals surface area (Å²) in [5.41, 5.74) is 7.23. The number of rotatable bonds is 3. The number of nitrogens with two attached hydrogens (primary N) is 1. The first-order valence-corrected chi connectivity index (χ1v) is 5.46. The van der Waals surface area contributed by atoms with Crippen molar-refractivity contribution in [2.24, 2.45) is 5.73 Å². The fourth-order valence-corrected chi connectivity index (χ4v) is 1.70. The lowest BCUT2D eigenvalue weighted by molar-refractivity contribution is 0.869. The molecule has 0 radical (unpaired) electrons. The lowest BCUT2D eigenvalue weighted by atomic mass is 10.1. The summed E-state index contributed by atoms with van der Waals surface area (Å²) in [5, 5.41) is 0.694. The van der Waals surface area contributed by atoms with Crippen LogP contribution >= 0.6 is 24.0 Å². The first-order valence-electron chi connectivity index (χ1n) is 5.08. The van der Waals surface area contributed by atoms with Gasteiger partial charge in [-0.3, -0.25) is 0 Å². The van der Waals surface area contributed by atoms with Crippen LogP contribution in [0.25, 0.3) is 11.3 Å². The SMILES string of the molecule is Cl.NCCc1nccc(-c2ccccc2Cl)n1. The molecule has 0 bridgehead atoms. The molecular formula is C12H13Cl2N3. The summed E-state index contributed by atoms with van der Waals surface area (Å²) in [5.74, 6) is 0.750. The van der Waals surface area contributed by atoms with E-state index in [9.17, 15) is 0 Å². The van der Waals surface area contributed by atoms with E-state index in [0.717, 1.165) is 17.1 Å². The van der Waals surface area contributed by atoms with Crippen molar-refractivity contribution in [3.05, 3.63) is 47.4 Å². The van der Waals surface area contributed by atoms with E-state index in [-0.39, 0.29) is 12.4 Å². The van der Waals surface area contributed by atoms with Gasteiger partial charge in [-0.25, -0.2) is 9.97 Å². The fraction of sp³-hybridized carbons (Fsp3) is 0.167. The average Bonchev–Trinajstić information content (AvgIpc) is 2.30. The third-order valence-electron chi connectivity index (χ3n) is 2.22. The molecule has 1 heterocycles. The second-order valence-corrected chi connectivity index (χ2v) is 3.78. The van der Waals surface area contributed by atoms with Crippen molar-refractivity contribution >= 4 is 24.0 Å². The van der Waals surface area contributed by atoms with Crippen LogP contribution in [-0.4, -0.2) is 16.5 Å². The first-order chi connectivity index (χ1) is 7.81. The largest absolute Gasteiger partial charge is 0.330 e. The number of hydrogen-bond donors (Lipinski definition) is 1. The van der Waals surface area contributed by atoms with E-state index in [0.29, 0.717) is 18.0 Å². The molecule has 2 rings (SSSR count). The summed E-state index contributed by atoms with van der Waals surface area (Å²) in [4.78, 5) is 8.57. The Morgan fingerprint density at radius 1 is 1.18 bits per heavy atom. The van der Waals surface area contributed by atoms with Crippen LogP contribution in [0.2, 0.25) is 5.02 Å². The molecule has 0 aliphatic carbocycles. The molecular weight excluding hydrogens is 257 g/mol. The van der Waals surface area contributed by atoms with Gasteiger partial charge in [-0.1, -0.05) is 29.8 Å². The molecule has 0 unspecified atom stereocenters.